The lowest BCUT2D eigenvalue weighted by Gasteiger charge is -2.12. The molecule has 0 atom stereocenters. The highest BCUT2D eigenvalue weighted by Gasteiger charge is 2.34. The Labute approximate surface area is 143 Å². The van der Waals surface area contributed by atoms with Crippen molar-refractivity contribution in [3.8, 4) is 0 Å². The van der Waals surface area contributed by atoms with Crippen LogP contribution in [0.25, 0.3) is 0 Å². The fourth-order valence-electron chi connectivity index (χ4n) is 1.56. The van der Waals surface area contributed by atoms with Crippen LogP contribution >= 0.6 is 11.6 Å². The van der Waals surface area contributed by atoms with Gasteiger partial charge in [-0.3, -0.25) is 4.79 Å². The van der Waals surface area contributed by atoms with Gasteiger partial charge in [-0.05, 0) is 18.2 Å². The number of alkyl halides is 6. The predicted molar refractivity (Wildman–Crippen MR) is 75.3 cm³/mol. The van der Waals surface area contributed by atoms with Crippen LogP contribution in [0.5, 0.6) is 0 Å². The maximum atomic E-state index is 12.7. The Balaban J connectivity index is 2.72. The minimum atomic E-state index is -4.87. The van der Waals surface area contributed by atoms with E-state index in [4.69, 9.17) is 11.6 Å². The normalized spacial score (nSPS) is 12.9. The number of carbonyl (C=O) groups excluding carboxylic acids is 1. The second-order valence-corrected chi connectivity index (χ2v) is 6.85. The molecule has 0 aliphatic rings. The van der Waals surface area contributed by atoms with E-state index in [2.05, 4.69) is 0 Å². The fraction of sp³-hybridized carbons (Fsp3) is 0.417. The highest BCUT2D eigenvalue weighted by Crippen LogP contribution is 2.35. The summed E-state index contributed by atoms with van der Waals surface area (Å²) in [5.74, 6) is -1.08. The second kappa shape index (κ2) is 7.79. The molecule has 0 aromatic heterocycles. The summed E-state index contributed by atoms with van der Waals surface area (Å²) in [6, 6.07) is 1.88. The summed E-state index contributed by atoms with van der Waals surface area (Å²) in [4.78, 5) is 10.4. The van der Waals surface area contributed by atoms with Crippen LogP contribution < -0.4 is 10.0 Å². The molecule has 0 radical (unpaired) electrons. The molecule has 0 aliphatic heterocycles. The van der Waals surface area contributed by atoms with Crippen LogP contribution in [0.2, 0.25) is 5.02 Å². The van der Waals surface area contributed by atoms with Gasteiger partial charge >= 0.3 is 12.4 Å². The molecule has 13 heteroatoms. The van der Waals surface area contributed by atoms with E-state index in [0.29, 0.717) is 6.07 Å². The molecule has 0 aliphatic carbocycles. The summed E-state index contributed by atoms with van der Waals surface area (Å²) in [5, 5.41) is 0.824. The summed E-state index contributed by atoms with van der Waals surface area (Å²) in [5.41, 5.74) is -1.36. The van der Waals surface area contributed by atoms with E-state index in [1.807, 2.05) is 4.72 Å². The van der Waals surface area contributed by atoms with Crippen LogP contribution in [0.15, 0.2) is 23.1 Å². The van der Waals surface area contributed by atoms with Gasteiger partial charge in [0, 0.05) is 13.0 Å². The number of amides is 1. The van der Waals surface area contributed by atoms with Crippen molar-refractivity contribution < 1.29 is 39.6 Å². The van der Waals surface area contributed by atoms with Gasteiger partial charge in [-0.15, -0.1) is 0 Å². The standard InChI is InChI=1S/C12H11ClF6N2O3S/c13-9-2-1-7(5-8(9)12(17,18)19)25(23,24)21-4-3-10(22)20-6-11(14,15)16/h1-2,5,21H,3-4,6H2,(H,20,22). The van der Waals surface area contributed by atoms with Crippen molar-refractivity contribution >= 4 is 27.5 Å². The van der Waals surface area contributed by atoms with Gasteiger partial charge in [-0.25, -0.2) is 13.1 Å². The summed E-state index contributed by atoms with van der Waals surface area (Å²) < 4.78 is 99.4. The first kappa shape index (κ1) is 21.5. The van der Waals surface area contributed by atoms with Crippen molar-refractivity contribution in [2.24, 2.45) is 0 Å². The molecular weight excluding hydrogens is 402 g/mol. The smallest absolute Gasteiger partial charge is 0.347 e. The number of benzene rings is 1. The molecule has 1 amide bonds. The van der Waals surface area contributed by atoms with E-state index in [-0.39, 0.29) is 0 Å². The van der Waals surface area contributed by atoms with E-state index < -0.39 is 63.3 Å². The van der Waals surface area contributed by atoms with Gasteiger partial charge in [0.05, 0.1) is 15.5 Å². The van der Waals surface area contributed by atoms with E-state index in [0.717, 1.165) is 12.1 Å². The van der Waals surface area contributed by atoms with Gasteiger partial charge < -0.3 is 5.32 Å². The quantitative estimate of drug-likeness (QED) is 0.705. The van der Waals surface area contributed by atoms with Gasteiger partial charge in [0.15, 0.2) is 0 Å². The van der Waals surface area contributed by atoms with Crippen LogP contribution in [0, 0.1) is 0 Å². The molecule has 1 rings (SSSR count). The summed E-state index contributed by atoms with van der Waals surface area (Å²) in [7, 11) is -4.41. The average molecular weight is 413 g/mol. The van der Waals surface area contributed by atoms with Crippen molar-refractivity contribution in [1.82, 2.24) is 10.0 Å². The molecule has 0 saturated heterocycles. The molecule has 0 heterocycles. The van der Waals surface area contributed by atoms with Crippen LogP contribution in [0.3, 0.4) is 0 Å². The molecule has 0 bridgehead atoms. The zero-order chi connectivity index (χ0) is 19.5. The van der Waals surface area contributed by atoms with Gasteiger partial charge in [-0.2, -0.15) is 26.3 Å². The van der Waals surface area contributed by atoms with Crippen LogP contribution in [-0.2, 0) is 21.0 Å². The van der Waals surface area contributed by atoms with Gasteiger partial charge in [0.1, 0.15) is 6.54 Å². The Hall–Kier alpha value is -1.53. The lowest BCUT2D eigenvalue weighted by Crippen LogP contribution is -2.36. The molecule has 2 N–H and O–H groups in total. The van der Waals surface area contributed by atoms with Crippen LogP contribution in [-0.4, -0.2) is 33.6 Å². The summed E-state index contributed by atoms with van der Waals surface area (Å²) in [6.45, 7) is -2.18. The average Bonchev–Trinajstić information content (AvgIpc) is 2.43. The monoisotopic (exact) mass is 412 g/mol. The lowest BCUT2D eigenvalue weighted by molar-refractivity contribution is -0.138. The van der Waals surface area contributed by atoms with Crippen molar-refractivity contribution in [2.75, 3.05) is 13.1 Å². The lowest BCUT2D eigenvalue weighted by atomic mass is 10.2. The first-order chi connectivity index (χ1) is 11.2. The first-order valence-electron chi connectivity index (χ1n) is 6.42. The third-order valence-electron chi connectivity index (χ3n) is 2.68. The second-order valence-electron chi connectivity index (χ2n) is 4.68. The molecule has 5 nitrogen and oxygen atoms in total. The summed E-state index contributed by atoms with van der Waals surface area (Å²) >= 11 is 5.37. The molecule has 0 spiro atoms. The van der Waals surface area contributed by atoms with E-state index in [1.165, 1.54) is 5.32 Å². The van der Waals surface area contributed by atoms with Crippen LogP contribution in [0.4, 0.5) is 26.3 Å². The first-order valence-corrected chi connectivity index (χ1v) is 8.28. The molecule has 25 heavy (non-hydrogen) atoms. The Morgan fingerprint density at radius 2 is 1.72 bits per heavy atom. The Morgan fingerprint density at radius 1 is 1.12 bits per heavy atom. The third kappa shape index (κ3) is 7.08. The van der Waals surface area contributed by atoms with Gasteiger partial charge in [0.25, 0.3) is 0 Å². The third-order valence-corrected chi connectivity index (χ3v) is 4.47. The molecule has 1 aromatic carbocycles. The topological polar surface area (TPSA) is 75.3 Å². The number of carbonyl (C=O) groups is 1. The van der Waals surface area contributed by atoms with Crippen molar-refractivity contribution in [2.45, 2.75) is 23.7 Å². The van der Waals surface area contributed by atoms with Crippen molar-refractivity contribution in [1.29, 1.82) is 0 Å². The zero-order valence-electron chi connectivity index (χ0n) is 12.1. The Kier molecular flexibility index (Phi) is 6.70. The number of halogens is 7. The maximum Gasteiger partial charge on any atom is 0.417 e. The Bertz CT molecular complexity index is 733. The molecule has 142 valence electrons. The predicted octanol–water partition coefficient (Wildman–Crippen LogP) is 2.71. The molecule has 1 aromatic rings. The van der Waals surface area contributed by atoms with Gasteiger partial charge in [-0.1, -0.05) is 11.6 Å². The van der Waals surface area contributed by atoms with E-state index in [1.54, 1.807) is 0 Å². The van der Waals surface area contributed by atoms with Crippen LogP contribution in [0.1, 0.15) is 12.0 Å². The van der Waals surface area contributed by atoms with E-state index in [9.17, 15) is 39.6 Å². The Morgan fingerprint density at radius 3 is 2.24 bits per heavy atom. The SMILES string of the molecule is O=C(CCNS(=O)(=O)c1ccc(Cl)c(C(F)(F)F)c1)NCC(F)(F)F. The highest BCUT2D eigenvalue weighted by atomic mass is 35.5. The molecular formula is C12H11ClF6N2O3S. The minimum Gasteiger partial charge on any atom is -0.347 e. The maximum absolute atomic E-state index is 12.7. The fourth-order valence-corrected chi connectivity index (χ4v) is 2.84. The van der Waals surface area contributed by atoms with E-state index >= 15 is 0 Å². The van der Waals surface area contributed by atoms with Gasteiger partial charge in [0.2, 0.25) is 15.9 Å². The zero-order valence-corrected chi connectivity index (χ0v) is 13.7. The number of sulfonamides is 1. The molecule has 0 unspecified atom stereocenters. The molecule has 0 saturated carbocycles. The minimum absolute atomic E-state index is 0.314. The number of hydrogen-bond donors (Lipinski definition) is 2. The number of nitrogens with one attached hydrogen (secondary N) is 2. The van der Waals surface area contributed by atoms with Crippen molar-refractivity contribution in [3.05, 3.63) is 28.8 Å². The number of rotatable bonds is 6. The highest BCUT2D eigenvalue weighted by molar-refractivity contribution is 7.89. The number of hydrogen-bond acceptors (Lipinski definition) is 3. The largest absolute Gasteiger partial charge is 0.417 e. The molecule has 0 fully saturated rings. The van der Waals surface area contributed by atoms with Crippen molar-refractivity contribution in [3.63, 3.8) is 0 Å². The summed E-state index contributed by atoms with van der Waals surface area (Å²) in [6.07, 6.45) is -10.1.